The van der Waals surface area contributed by atoms with Crippen molar-refractivity contribution in [3.8, 4) is 23.7 Å². The summed E-state index contributed by atoms with van der Waals surface area (Å²) in [5.74, 6) is 2.37. The standard InChI is InChI=1S/C27H28F3N5O6S/c1-18(2)24(26(37)38)35(42(39)40)34-15-13-33(14-16-34)21-8-5-19(6-9-21)3-4-20-7-10-23(41-27(28,29)30)22(17-20)25(36)32-12-11-31/h5-10,17-18,24H,12-16H2,1-2H3,(H,32,36)(H,37,38)(H,39,40)/p-1. The number of anilines is 1. The lowest BCUT2D eigenvalue weighted by molar-refractivity contribution is -0.274. The van der Waals surface area contributed by atoms with Crippen LogP contribution in [0.15, 0.2) is 42.5 Å². The van der Waals surface area contributed by atoms with Crippen molar-refractivity contribution < 1.29 is 41.4 Å². The Morgan fingerprint density at radius 3 is 2.24 bits per heavy atom. The minimum absolute atomic E-state index is 0.244. The van der Waals surface area contributed by atoms with Crippen LogP contribution in [0.2, 0.25) is 0 Å². The molecule has 1 heterocycles. The molecule has 1 fully saturated rings. The van der Waals surface area contributed by atoms with Crippen molar-refractivity contribution in [2.45, 2.75) is 26.3 Å². The van der Waals surface area contributed by atoms with Crippen LogP contribution in [0.3, 0.4) is 0 Å². The Labute approximate surface area is 242 Å². The molecule has 0 radical (unpaired) electrons. The first-order chi connectivity index (χ1) is 19.8. The summed E-state index contributed by atoms with van der Waals surface area (Å²) in [6.07, 6.45) is -5.02. The SMILES string of the molecule is CC(C)C(C(=O)O)N(N1CCN(c2ccc(C#Cc3ccc(OC(F)(F)F)c(C(=O)NCC#N)c3)cc2)CC1)S(=O)[O-]. The normalized spacial score (nSPS) is 15.4. The number of aliphatic carboxylic acids is 1. The first-order valence-electron chi connectivity index (χ1n) is 12.6. The van der Waals surface area contributed by atoms with Crippen LogP contribution >= 0.6 is 0 Å². The van der Waals surface area contributed by atoms with Gasteiger partial charge in [0.25, 0.3) is 5.91 Å². The Hall–Kier alpha value is -4.15. The molecule has 15 heteroatoms. The largest absolute Gasteiger partial charge is 0.759 e. The van der Waals surface area contributed by atoms with Crippen molar-refractivity contribution in [3.63, 3.8) is 0 Å². The van der Waals surface area contributed by atoms with E-state index in [1.54, 1.807) is 44.2 Å². The van der Waals surface area contributed by atoms with Crippen LogP contribution in [0.5, 0.6) is 5.75 Å². The van der Waals surface area contributed by atoms with Gasteiger partial charge in [-0.25, -0.2) is 5.01 Å². The van der Waals surface area contributed by atoms with Gasteiger partial charge in [0.2, 0.25) is 0 Å². The number of ether oxygens (including phenoxy) is 1. The highest BCUT2D eigenvalue weighted by molar-refractivity contribution is 7.76. The molecule has 2 aromatic carbocycles. The van der Waals surface area contributed by atoms with Crippen molar-refractivity contribution in [1.82, 2.24) is 14.7 Å². The summed E-state index contributed by atoms with van der Waals surface area (Å²) in [4.78, 5) is 26.0. The fourth-order valence-electron chi connectivity index (χ4n) is 4.26. The number of rotatable bonds is 9. The van der Waals surface area contributed by atoms with Gasteiger partial charge in [0, 0.05) is 54.3 Å². The number of carboxylic acid groups (broad SMARTS) is 1. The molecular weight excluding hydrogens is 579 g/mol. The highest BCUT2D eigenvalue weighted by Crippen LogP contribution is 2.27. The van der Waals surface area contributed by atoms with E-state index >= 15 is 0 Å². The molecule has 0 saturated carbocycles. The number of piperazine rings is 1. The number of nitrogens with zero attached hydrogens (tertiary/aromatic N) is 4. The lowest BCUT2D eigenvalue weighted by Crippen LogP contribution is -2.60. The maximum absolute atomic E-state index is 12.8. The first kappa shape index (κ1) is 32.4. The monoisotopic (exact) mass is 606 g/mol. The average molecular weight is 607 g/mol. The molecule has 3 rings (SSSR count). The fourth-order valence-corrected chi connectivity index (χ4v) is 5.13. The summed E-state index contributed by atoms with van der Waals surface area (Å²) in [5.41, 5.74) is 1.23. The lowest BCUT2D eigenvalue weighted by Gasteiger charge is -2.45. The molecule has 0 bridgehead atoms. The number of hydrogen-bond acceptors (Lipinski definition) is 8. The zero-order valence-electron chi connectivity index (χ0n) is 22.6. The summed E-state index contributed by atoms with van der Waals surface area (Å²) in [5, 5.41) is 21.9. The van der Waals surface area contributed by atoms with Crippen molar-refractivity contribution in [3.05, 3.63) is 59.2 Å². The molecule has 1 aliphatic rings. The number of benzene rings is 2. The number of alkyl halides is 3. The molecule has 2 aromatic rings. The van der Waals surface area contributed by atoms with Gasteiger partial charge in [-0.05, 0) is 48.4 Å². The van der Waals surface area contributed by atoms with Gasteiger partial charge in [-0.15, -0.1) is 13.2 Å². The number of hydrogen-bond donors (Lipinski definition) is 2. The predicted octanol–water partition coefficient (Wildman–Crippen LogP) is 2.48. The second-order valence-electron chi connectivity index (χ2n) is 9.38. The minimum atomic E-state index is -5.02. The van der Waals surface area contributed by atoms with Gasteiger partial charge in [-0.2, -0.15) is 9.68 Å². The number of amides is 1. The highest BCUT2D eigenvalue weighted by atomic mass is 32.2. The summed E-state index contributed by atoms with van der Waals surface area (Å²) in [6, 6.07) is 10.9. The average Bonchev–Trinajstić information content (AvgIpc) is 2.93. The third-order valence-corrected chi connectivity index (χ3v) is 6.94. The van der Waals surface area contributed by atoms with Crippen LogP contribution in [0, 0.1) is 29.1 Å². The van der Waals surface area contributed by atoms with Gasteiger partial charge in [-0.1, -0.05) is 25.7 Å². The van der Waals surface area contributed by atoms with Crippen LogP contribution in [0.4, 0.5) is 18.9 Å². The van der Waals surface area contributed by atoms with Gasteiger partial charge in [0.05, 0.1) is 11.6 Å². The highest BCUT2D eigenvalue weighted by Gasteiger charge is 2.36. The molecular formula is C27H27F3N5O6S-. The molecule has 0 spiro atoms. The molecule has 11 nitrogen and oxygen atoms in total. The number of hydrazine groups is 1. The summed E-state index contributed by atoms with van der Waals surface area (Å²) >= 11 is -2.76. The van der Waals surface area contributed by atoms with Crippen LogP contribution in [-0.2, 0) is 16.1 Å². The minimum Gasteiger partial charge on any atom is -0.759 e. The van der Waals surface area contributed by atoms with Crippen molar-refractivity contribution >= 4 is 28.8 Å². The molecule has 1 amide bonds. The van der Waals surface area contributed by atoms with E-state index in [-0.39, 0.29) is 18.7 Å². The molecule has 42 heavy (non-hydrogen) atoms. The molecule has 2 N–H and O–H groups in total. The fraction of sp³-hybridized carbons (Fsp3) is 0.370. The first-order valence-corrected chi connectivity index (χ1v) is 13.6. The quantitative estimate of drug-likeness (QED) is 0.249. The van der Waals surface area contributed by atoms with Crippen molar-refractivity contribution in [2.24, 2.45) is 5.92 Å². The molecule has 1 saturated heterocycles. The maximum atomic E-state index is 12.8. The Morgan fingerprint density at radius 2 is 1.71 bits per heavy atom. The third kappa shape index (κ3) is 8.67. The molecule has 2 unspecified atom stereocenters. The van der Waals surface area contributed by atoms with E-state index in [0.29, 0.717) is 18.7 Å². The third-order valence-electron chi connectivity index (χ3n) is 6.17. The van der Waals surface area contributed by atoms with E-state index in [0.717, 1.165) is 22.2 Å². The molecule has 2 atom stereocenters. The smallest absolute Gasteiger partial charge is 0.573 e. The Bertz CT molecular complexity index is 1410. The van der Waals surface area contributed by atoms with Crippen LogP contribution in [0.1, 0.15) is 35.3 Å². The van der Waals surface area contributed by atoms with Crippen molar-refractivity contribution in [1.29, 1.82) is 5.26 Å². The van der Waals surface area contributed by atoms with Gasteiger partial charge in [0.1, 0.15) is 18.3 Å². The number of nitriles is 1. The number of nitrogens with one attached hydrogen (secondary N) is 1. The van der Waals surface area contributed by atoms with Crippen molar-refractivity contribution in [2.75, 3.05) is 37.6 Å². The predicted molar refractivity (Wildman–Crippen MR) is 144 cm³/mol. The van der Waals surface area contributed by atoms with Gasteiger partial charge >= 0.3 is 12.3 Å². The van der Waals surface area contributed by atoms with Crippen LogP contribution in [-0.4, -0.2) is 80.3 Å². The lowest BCUT2D eigenvalue weighted by atomic mass is 10.1. The molecule has 1 aliphatic heterocycles. The van der Waals surface area contributed by atoms with E-state index in [1.807, 2.05) is 4.90 Å². The Kier molecular flexibility index (Phi) is 10.9. The van der Waals surface area contributed by atoms with Gasteiger partial charge in [0.15, 0.2) is 0 Å². The number of carbonyl (C=O) groups is 2. The maximum Gasteiger partial charge on any atom is 0.573 e. The van der Waals surface area contributed by atoms with Gasteiger partial charge < -0.3 is 24.6 Å². The molecule has 0 aliphatic carbocycles. The second kappa shape index (κ2) is 14.2. The Morgan fingerprint density at radius 1 is 1.12 bits per heavy atom. The van der Waals surface area contributed by atoms with E-state index in [4.69, 9.17) is 5.26 Å². The summed E-state index contributed by atoms with van der Waals surface area (Å²) < 4.78 is 66.9. The molecule has 0 aromatic heterocycles. The number of halogens is 3. The molecule has 224 valence electrons. The van der Waals surface area contributed by atoms with Crippen LogP contribution < -0.4 is 15.0 Å². The summed E-state index contributed by atoms with van der Waals surface area (Å²) in [7, 11) is 0. The zero-order chi connectivity index (χ0) is 31.0. The van der Waals surface area contributed by atoms with E-state index in [1.165, 1.54) is 11.1 Å². The number of carbonyl (C=O) groups excluding carboxylic acids is 1. The number of carboxylic acids is 1. The summed E-state index contributed by atoms with van der Waals surface area (Å²) in [6.45, 7) is 4.32. The zero-order valence-corrected chi connectivity index (χ0v) is 23.4. The van der Waals surface area contributed by atoms with E-state index < -0.39 is 59.3 Å². The van der Waals surface area contributed by atoms with Gasteiger partial charge in [-0.3, -0.25) is 13.8 Å². The van der Waals surface area contributed by atoms with E-state index in [9.17, 15) is 36.6 Å². The second-order valence-corrected chi connectivity index (χ2v) is 10.2. The topological polar surface area (TPSA) is 149 Å². The van der Waals surface area contributed by atoms with E-state index in [2.05, 4.69) is 21.9 Å². The Balaban J connectivity index is 1.71. The van der Waals surface area contributed by atoms with Crippen LogP contribution in [0.25, 0.3) is 0 Å².